The first-order valence-corrected chi connectivity index (χ1v) is 28.8. The first-order valence-electron chi connectivity index (χ1n) is 28.8. The summed E-state index contributed by atoms with van der Waals surface area (Å²) in [5, 5.41) is 0. The zero-order chi connectivity index (χ0) is 48.6. The van der Waals surface area contributed by atoms with Crippen molar-refractivity contribution < 1.29 is 28.6 Å². The summed E-state index contributed by atoms with van der Waals surface area (Å²) in [7, 11) is 0. The Kier molecular flexibility index (Phi) is 53.3. The van der Waals surface area contributed by atoms with Crippen molar-refractivity contribution >= 4 is 17.9 Å². The smallest absolute Gasteiger partial charge is 0.306 e. The van der Waals surface area contributed by atoms with Gasteiger partial charge in [0.05, 0.1) is 0 Å². The molecule has 67 heavy (non-hydrogen) atoms. The zero-order valence-electron chi connectivity index (χ0n) is 44.4. The predicted molar refractivity (Wildman–Crippen MR) is 288 cm³/mol. The highest BCUT2D eigenvalue weighted by atomic mass is 16.6. The van der Waals surface area contributed by atoms with Gasteiger partial charge in [0, 0.05) is 19.3 Å². The average molecular weight is 938 g/mol. The summed E-state index contributed by atoms with van der Waals surface area (Å²) in [5.41, 5.74) is 0. The largest absolute Gasteiger partial charge is 0.462 e. The molecule has 0 N–H and O–H groups in total. The lowest BCUT2D eigenvalue weighted by atomic mass is 10.0. The molecule has 0 amide bonds. The molecule has 0 spiro atoms. The second-order valence-corrected chi connectivity index (χ2v) is 19.2. The number of allylic oxidation sites excluding steroid dienone is 10. The zero-order valence-corrected chi connectivity index (χ0v) is 44.4. The number of hydrogen-bond donors (Lipinski definition) is 0. The molecule has 0 saturated heterocycles. The minimum atomic E-state index is -0.785. The van der Waals surface area contributed by atoms with Crippen molar-refractivity contribution in [1.82, 2.24) is 0 Å². The van der Waals surface area contributed by atoms with Crippen molar-refractivity contribution in [2.75, 3.05) is 13.2 Å². The molecule has 0 aromatic heterocycles. The molecule has 0 saturated carbocycles. The Morgan fingerprint density at radius 1 is 0.313 bits per heavy atom. The fourth-order valence-corrected chi connectivity index (χ4v) is 8.19. The van der Waals surface area contributed by atoms with Crippen LogP contribution in [0, 0.1) is 0 Å². The van der Waals surface area contributed by atoms with Crippen molar-refractivity contribution in [3.05, 3.63) is 60.8 Å². The Morgan fingerprint density at radius 2 is 0.582 bits per heavy atom. The SMILES string of the molecule is CC/C=C\C/C=C\C/C=C\CCCCCCCC(=O)O[C@H](COC(=O)CCCCCCCCC/C=C\C/C=C\CCCCC)COC(=O)CCCCCCCCCCCCCCCCCCC. The van der Waals surface area contributed by atoms with E-state index in [9.17, 15) is 14.4 Å². The topological polar surface area (TPSA) is 78.9 Å². The third-order valence-electron chi connectivity index (χ3n) is 12.5. The maximum absolute atomic E-state index is 12.8. The average Bonchev–Trinajstić information content (AvgIpc) is 3.33. The van der Waals surface area contributed by atoms with Gasteiger partial charge in [-0.25, -0.2) is 0 Å². The standard InChI is InChI=1S/C61H108O6/c1-4-7-10-13-16-19-22-25-28-30-33-35-38-41-44-47-50-53-59(62)65-56-58(67-61(64)55-52-49-46-43-40-37-32-27-24-21-18-15-12-9-6-3)57-66-60(63)54-51-48-45-42-39-36-34-31-29-26-23-20-17-14-11-8-5-2/h9,12,16,18-19,21,25,27-28,32,58H,4-8,10-11,13-15,17,20,22-24,26,29-31,33-57H2,1-3H3/b12-9-,19-16-,21-18-,28-25-,32-27-/t58-/m1/s1. The van der Waals surface area contributed by atoms with E-state index in [1.165, 1.54) is 141 Å². The van der Waals surface area contributed by atoms with E-state index in [-0.39, 0.29) is 31.1 Å². The molecule has 0 unspecified atom stereocenters. The van der Waals surface area contributed by atoms with E-state index < -0.39 is 6.10 Å². The number of carbonyl (C=O) groups is 3. The molecule has 0 aliphatic heterocycles. The maximum atomic E-state index is 12.8. The fourth-order valence-electron chi connectivity index (χ4n) is 8.19. The van der Waals surface area contributed by atoms with Gasteiger partial charge in [-0.05, 0) is 83.5 Å². The van der Waals surface area contributed by atoms with E-state index in [1.54, 1.807) is 0 Å². The second kappa shape index (κ2) is 55.7. The minimum absolute atomic E-state index is 0.0814. The third-order valence-corrected chi connectivity index (χ3v) is 12.5. The van der Waals surface area contributed by atoms with Crippen molar-refractivity contribution in [2.45, 2.75) is 297 Å². The highest BCUT2D eigenvalue weighted by Gasteiger charge is 2.19. The number of carbonyl (C=O) groups excluding carboxylic acids is 3. The van der Waals surface area contributed by atoms with Gasteiger partial charge < -0.3 is 14.2 Å². The van der Waals surface area contributed by atoms with Gasteiger partial charge in [-0.2, -0.15) is 0 Å². The Labute approximate surface area is 415 Å². The number of rotatable bonds is 52. The Morgan fingerprint density at radius 3 is 0.940 bits per heavy atom. The van der Waals surface area contributed by atoms with E-state index in [0.29, 0.717) is 19.3 Å². The molecule has 0 aromatic carbocycles. The van der Waals surface area contributed by atoms with Gasteiger partial charge in [0.15, 0.2) is 6.10 Å². The van der Waals surface area contributed by atoms with E-state index in [2.05, 4.69) is 81.5 Å². The van der Waals surface area contributed by atoms with Gasteiger partial charge in [0.2, 0.25) is 0 Å². The Bertz CT molecular complexity index is 1210. The quantitative estimate of drug-likeness (QED) is 0.0262. The molecule has 0 aliphatic rings. The van der Waals surface area contributed by atoms with Crippen molar-refractivity contribution in [3.8, 4) is 0 Å². The summed E-state index contributed by atoms with van der Waals surface area (Å²) in [6, 6.07) is 0. The summed E-state index contributed by atoms with van der Waals surface area (Å²) in [6.45, 7) is 6.51. The molecular formula is C61H108O6. The van der Waals surface area contributed by atoms with E-state index in [4.69, 9.17) is 14.2 Å². The lowest BCUT2D eigenvalue weighted by Crippen LogP contribution is -2.30. The van der Waals surface area contributed by atoms with Gasteiger partial charge >= 0.3 is 17.9 Å². The minimum Gasteiger partial charge on any atom is -0.462 e. The number of hydrogen-bond acceptors (Lipinski definition) is 6. The summed E-state index contributed by atoms with van der Waals surface area (Å²) >= 11 is 0. The first kappa shape index (κ1) is 64.1. The van der Waals surface area contributed by atoms with Crippen LogP contribution in [-0.2, 0) is 28.6 Å². The van der Waals surface area contributed by atoms with Crippen LogP contribution >= 0.6 is 0 Å². The van der Waals surface area contributed by atoms with Crippen LogP contribution in [-0.4, -0.2) is 37.2 Å². The first-order chi connectivity index (χ1) is 33.0. The predicted octanol–water partition coefficient (Wildman–Crippen LogP) is 19.2. The van der Waals surface area contributed by atoms with Crippen LogP contribution in [0.5, 0.6) is 0 Å². The maximum Gasteiger partial charge on any atom is 0.306 e. The highest BCUT2D eigenvalue weighted by molar-refractivity contribution is 5.71. The molecule has 0 bridgehead atoms. The molecule has 1 atom stereocenters. The van der Waals surface area contributed by atoms with Gasteiger partial charge in [0.25, 0.3) is 0 Å². The monoisotopic (exact) mass is 937 g/mol. The number of unbranched alkanes of at least 4 members (excludes halogenated alkanes) is 31. The van der Waals surface area contributed by atoms with Crippen LogP contribution in [0.2, 0.25) is 0 Å². The third kappa shape index (κ3) is 53.9. The summed E-state index contributed by atoms with van der Waals surface area (Å²) in [6.07, 6.45) is 69.2. The summed E-state index contributed by atoms with van der Waals surface area (Å²) in [4.78, 5) is 38.2. The van der Waals surface area contributed by atoms with Gasteiger partial charge in [0.1, 0.15) is 13.2 Å². The number of esters is 3. The number of ether oxygens (including phenoxy) is 3. The molecule has 0 aromatic rings. The molecule has 6 nitrogen and oxygen atoms in total. The van der Waals surface area contributed by atoms with Crippen LogP contribution in [0.25, 0.3) is 0 Å². The van der Waals surface area contributed by atoms with Crippen LogP contribution in [0.3, 0.4) is 0 Å². The molecule has 0 radical (unpaired) electrons. The summed E-state index contributed by atoms with van der Waals surface area (Å²) < 4.78 is 16.9. The highest BCUT2D eigenvalue weighted by Crippen LogP contribution is 2.16. The Balaban J connectivity index is 4.38. The lowest BCUT2D eigenvalue weighted by Gasteiger charge is -2.18. The van der Waals surface area contributed by atoms with E-state index >= 15 is 0 Å². The van der Waals surface area contributed by atoms with E-state index in [0.717, 1.165) is 109 Å². The van der Waals surface area contributed by atoms with Crippen molar-refractivity contribution in [2.24, 2.45) is 0 Å². The molecular weight excluding hydrogens is 829 g/mol. The van der Waals surface area contributed by atoms with Crippen LogP contribution in [0.15, 0.2) is 60.8 Å². The molecule has 0 fully saturated rings. The van der Waals surface area contributed by atoms with E-state index in [1.807, 2.05) is 0 Å². The van der Waals surface area contributed by atoms with Crippen molar-refractivity contribution in [1.29, 1.82) is 0 Å². The normalized spacial score (nSPS) is 12.5. The summed E-state index contributed by atoms with van der Waals surface area (Å²) in [5.74, 6) is -0.894. The van der Waals surface area contributed by atoms with Crippen LogP contribution in [0.1, 0.15) is 290 Å². The lowest BCUT2D eigenvalue weighted by molar-refractivity contribution is -0.167. The fraction of sp³-hybridized carbons (Fsp3) is 0.787. The van der Waals surface area contributed by atoms with Crippen LogP contribution in [0.4, 0.5) is 0 Å². The molecule has 388 valence electrons. The van der Waals surface area contributed by atoms with Gasteiger partial charge in [-0.15, -0.1) is 0 Å². The Hall–Kier alpha value is -2.89. The van der Waals surface area contributed by atoms with Crippen molar-refractivity contribution in [3.63, 3.8) is 0 Å². The second-order valence-electron chi connectivity index (χ2n) is 19.2. The molecule has 0 rings (SSSR count). The molecule has 0 aliphatic carbocycles. The van der Waals surface area contributed by atoms with Crippen LogP contribution < -0.4 is 0 Å². The molecule has 0 heterocycles. The molecule has 6 heteroatoms. The van der Waals surface area contributed by atoms with Gasteiger partial charge in [-0.3, -0.25) is 14.4 Å². The van der Waals surface area contributed by atoms with Gasteiger partial charge in [-0.1, -0.05) is 248 Å².